The summed E-state index contributed by atoms with van der Waals surface area (Å²) in [6.07, 6.45) is -4.46. The standard InChI is InChI=1S/C8H9F3N2O/c9-8(10,11)13-4-5-3-6(12)1-2-7(5)14/h1-3,13-14H,4,12H2. The van der Waals surface area contributed by atoms with Gasteiger partial charge < -0.3 is 10.8 Å². The van der Waals surface area contributed by atoms with Gasteiger partial charge in [0, 0.05) is 17.8 Å². The van der Waals surface area contributed by atoms with Crippen molar-refractivity contribution in [3.8, 4) is 5.75 Å². The van der Waals surface area contributed by atoms with E-state index < -0.39 is 12.8 Å². The fourth-order valence-electron chi connectivity index (χ4n) is 0.942. The van der Waals surface area contributed by atoms with Gasteiger partial charge in [-0.2, -0.15) is 13.2 Å². The summed E-state index contributed by atoms with van der Waals surface area (Å²) < 4.78 is 35.2. The molecule has 0 unspecified atom stereocenters. The van der Waals surface area contributed by atoms with Gasteiger partial charge in [-0.15, -0.1) is 0 Å². The molecule has 0 heterocycles. The van der Waals surface area contributed by atoms with Gasteiger partial charge in [0.25, 0.3) is 0 Å². The molecule has 0 radical (unpaired) electrons. The van der Waals surface area contributed by atoms with Crippen LogP contribution in [-0.4, -0.2) is 11.4 Å². The van der Waals surface area contributed by atoms with Crippen LogP contribution in [-0.2, 0) is 6.54 Å². The number of aromatic hydroxyl groups is 1. The molecule has 1 aromatic rings. The van der Waals surface area contributed by atoms with E-state index in [2.05, 4.69) is 0 Å². The lowest BCUT2D eigenvalue weighted by Gasteiger charge is -2.09. The Labute approximate surface area is 78.3 Å². The number of nitrogens with two attached hydrogens (primary N) is 1. The van der Waals surface area contributed by atoms with Gasteiger partial charge in [0.05, 0.1) is 0 Å². The second-order valence-electron chi connectivity index (χ2n) is 2.74. The predicted molar refractivity (Wildman–Crippen MR) is 45.4 cm³/mol. The molecule has 0 spiro atoms. The van der Waals surface area contributed by atoms with Crippen molar-refractivity contribution in [1.29, 1.82) is 0 Å². The Hall–Kier alpha value is -1.43. The highest BCUT2D eigenvalue weighted by molar-refractivity contribution is 5.47. The van der Waals surface area contributed by atoms with E-state index in [0.29, 0.717) is 5.69 Å². The lowest BCUT2D eigenvalue weighted by atomic mass is 10.2. The molecule has 0 bridgehead atoms. The first-order valence-electron chi connectivity index (χ1n) is 3.77. The molecule has 4 N–H and O–H groups in total. The highest BCUT2D eigenvalue weighted by Gasteiger charge is 2.26. The summed E-state index contributed by atoms with van der Waals surface area (Å²) in [5.74, 6) is -0.212. The number of halogens is 3. The summed E-state index contributed by atoms with van der Waals surface area (Å²) in [7, 11) is 0. The van der Waals surface area contributed by atoms with Crippen LogP contribution in [0.5, 0.6) is 5.75 Å². The van der Waals surface area contributed by atoms with Crippen molar-refractivity contribution in [3.63, 3.8) is 0 Å². The lowest BCUT2D eigenvalue weighted by Crippen LogP contribution is -2.30. The number of phenols is 1. The molecule has 0 fully saturated rings. The number of nitrogens with one attached hydrogen (secondary N) is 1. The maximum Gasteiger partial charge on any atom is 0.457 e. The molecule has 0 saturated heterocycles. The summed E-state index contributed by atoms with van der Waals surface area (Å²) in [5, 5.41) is 10.5. The molecule has 0 saturated carbocycles. The Morgan fingerprint density at radius 3 is 2.57 bits per heavy atom. The first-order chi connectivity index (χ1) is 6.38. The SMILES string of the molecule is Nc1ccc(O)c(CNC(F)(F)F)c1. The molecule has 1 aromatic carbocycles. The van der Waals surface area contributed by atoms with Crippen molar-refractivity contribution in [2.24, 2.45) is 0 Å². The quantitative estimate of drug-likeness (QED) is 0.391. The molecule has 0 aliphatic carbocycles. The number of alkyl halides is 3. The van der Waals surface area contributed by atoms with E-state index in [1.54, 1.807) is 0 Å². The molecular formula is C8H9F3N2O. The molecule has 1 rings (SSSR count). The van der Waals surface area contributed by atoms with Crippen molar-refractivity contribution < 1.29 is 18.3 Å². The average molecular weight is 206 g/mol. The summed E-state index contributed by atoms with van der Waals surface area (Å²) >= 11 is 0. The maximum absolute atomic E-state index is 11.7. The summed E-state index contributed by atoms with van der Waals surface area (Å²) in [5.41, 5.74) is 5.77. The van der Waals surface area contributed by atoms with Gasteiger partial charge in [-0.3, -0.25) is 0 Å². The van der Waals surface area contributed by atoms with Crippen LogP contribution in [0.1, 0.15) is 5.56 Å². The summed E-state index contributed by atoms with van der Waals surface area (Å²) in [4.78, 5) is 0. The third-order valence-corrected chi connectivity index (χ3v) is 1.58. The minimum Gasteiger partial charge on any atom is -0.508 e. The second-order valence-corrected chi connectivity index (χ2v) is 2.74. The van der Waals surface area contributed by atoms with Crippen LogP contribution in [0.15, 0.2) is 18.2 Å². The van der Waals surface area contributed by atoms with E-state index in [9.17, 15) is 13.2 Å². The Morgan fingerprint density at radius 1 is 1.36 bits per heavy atom. The van der Waals surface area contributed by atoms with E-state index in [0.717, 1.165) is 0 Å². The van der Waals surface area contributed by atoms with Crippen LogP contribution in [0.4, 0.5) is 18.9 Å². The number of rotatable bonds is 2. The van der Waals surface area contributed by atoms with E-state index in [4.69, 9.17) is 10.8 Å². The number of hydrogen-bond acceptors (Lipinski definition) is 3. The molecule has 3 nitrogen and oxygen atoms in total. The second kappa shape index (κ2) is 3.75. The zero-order chi connectivity index (χ0) is 10.8. The van der Waals surface area contributed by atoms with Crippen LogP contribution in [0, 0.1) is 0 Å². The Balaban J connectivity index is 2.72. The molecule has 0 aromatic heterocycles. The monoisotopic (exact) mass is 206 g/mol. The van der Waals surface area contributed by atoms with Crippen molar-refractivity contribution in [3.05, 3.63) is 23.8 Å². The predicted octanol–water partition coefficient (Wildman–Crippen LogP) is 1.58. The molecule has 14 heavy (non-hydrogen) atoms. The summed E-state index contributed by atoms with van der Waals surface area (Å²) in [6, 6.07) is 3.95. The Morgan fingerprint density at radius 2 is 2.00 bits per heavy atom. The van der Waals surface area contributed by atoms with Gasteiger partial charge in [0.2, 0.25) is 0 Å². The molecule has 0 atom stereocenters. The van der Waals surface area contributed by atoms with Crippen molar-refractivity contribution in [2.45, 2.75) is 12.8 Å². The van der Waals surface area contributed by atoms with Crippen LogP contribution < -0.4 is 11.1 Å². The first-order valence-corrected chi connectivity index (χ1v) is 3.77. The first kappa shape index (κ1) is 10.6. The van der Waals surface area contributed by atoms with Gasteiger partial charge in [0.1, 0.15) is 5.75 Å². The lowest BCUT2D eigenvalue weighted by molar-refractivity contribution is -0.158. The number of nitrogen functional groups attached to an aromatic ring is 1. The van der Waals surface area contributed by atoms with Gasteiger partial charge in [-0.05, 0) is 18.2 Å². The molecule has 0 aliphatic rings. The number of phenolic OH excluding ortho intramolecular Hbond substituents is 1. The average Bonchev–Trinajstić information content (AvgIpc) is 2.05. The number of benzene rings is 1. The third-order valence-electron chi connectivity index (χ3n) is 1.58. The zero-order valence-corrected chi connectivity index (χ0v) is 7.10. The van der Waals surface area contributed by atoms with Crippen molar-refractivity contribution >= 4 is 5.69 Å². The van der Waals surface area contributed by atoms with Gasteiger partial charge in [-0.25, -0.2) is 5.32 Å². The fourth-order valence-corrected chi connectivity index (χ4v) is 0.942. The topological polar surface area (TPSA) is 58.3 Å². The zero-order valence-electron chi connectivity index (χ0n) is 7.10. The maximum atomic E-state index is 11.7. The molecular weight excluding hydrogens is 197 g/mol. The molecule has 0 aliphatic heterocycles. The number of anilines is 1. The molecule has 78 valence electrons. The smallest absolute Gasteiger partial charge is 0.457 e. The fraction of sp³-hybridized carbons (Fsp3) is 0.250. The van der Waals surface area contributed by atoms with E-state index in [1.165, 1.54) is 23.5 Å². The van der Waals surface area contributed by atoms with E-state index >= 15 is 0 Å². The van der Waals surface area contributed by atoms with Crippen LogP contribution in [0.3, 0.4) is 0 Å². The minimum atomic E-state index is -4.46. The molecule has 6 heteroatoms. The van der Waals surface area contributed by atoms with Crippen LogP contribution in [0.25, 0.3) is 0 Å². The van der Waals surface area contributed by atoms with Crippen molar-refractivity contribution in [1.82, 2.24) is 5.32 Å². The van der Waals surface area contributed by atoms with E-state index in [-0.39, 0.29) is 11.3 Å². The van der Waals surface area contributed by atoms with Gasteiger partial charge >= 0.3 is 6.30 Å². The van der Waals surface area contributed by atoms with Crippen LogP contribution >= 0.6 is 0 Å². The Bertz CT molecular complexity index is 325. The van der Waals surface area contributed by atoms with Gasteiger partial charge in [0.15, 0.2) is 0 Å². The highest BCUT2D eigenvalue weighted by atomic mass is 19.4. The molecule has 0 amide bonds. The highest BCUT2D eigenvalue weighted by Crippen LogP contribution is 2.21. The normalized spacial score (nSPS) is 11.6. The summed E-state index contributed by atoms with van der Waals surface area (Å²) in [6.45, 7) is -0.500. The minimum absolute atomic E-state index is 0.113. The third kappa shape index (κ3) is 3.14. The van der Waals surface area contributed by atoms with Crippen molar-refractivity contribution in [2.75, 3.05) is 5.73 Å². The van der Waals surface area contributed by atoms with E-state index in [1.807, 2.05) is 0 Å². The van der Waals surface area contributed by atoms with Gasteiger partial charge in [-0.1, -0.05) is 0 Å². The van der Waals surface area contributed by atoms with Crippen LogP contribution in [0.2, 0.25) is 0 Å². The number of hydrogen-bond donors (Lipinski definition) is 3. The Kier molecular flexibility index (Phi) is 2.85. The largest absolute Gasteiger partial charge is 0.508 e.